The molecule has 2 aromatic rings. The van der Waals surface area contributed by atoms with Gasteiger partial charge in [-0.2, -0.15) is 0 Å². The number of benzene rings is 2. The number of hydrogen-bond donors (Lipinski definition) is 2. The zero-order valence-corrected chi connectivity index (χ0v) is 15.6. The Morgan fingerprint density at radius 1 is 1.15 bits per heavy atom. The maximum Gasteiger partial charge on any atom is 0.295 e. The molecule has 0 unspecified atom stereocenters. The van der Waals surface area contributed by atoms with Crippen LogP contribution in [0, 0.1) is 0 Å². The number of amides is 1. The standard InChI is InChI=1S/C19H16BrNO5/c1-21-16(11-5-8-13(22)14(9-11)26-2)15(18(24)19(21)25)17(23)10-3-6-12(20)7-4-10/h3-9,16,22-23H,1-2H3/t16-/m0/s1. The van der Waals surface area contributed by atoms with Crippen molar-refractivity contribution in [2.45, 2.75) is 6.04 Å². The predicted octanol–water partition coefficient (Wildman–Crippen LogP) is 3.21. The Labute approximate surface area is 158 Å². The summed E-state index contributed by atoms with van der Waals surface area (Å²) < 4.78 is 5.93. The van der Waals surface area contributed by atoms with Gasteiger partial charge in [0.05, 0.1) is 18.7 Å². The first-order chi connectivity index (χ1) is 12.3. The molecule has 1 heterocycles. The third-order valence-electron chi connectivity index (χ3n) is 4.31. The Kier molecular flexibility index (Phi) is 4.73. The number of likely N-dealkylation sites (N-methyl/N-ethyl adjacent to an activating group) is 1. The van der Waals surface area contributed by atoms with Gasteiger partial charge in [0.15, 0.2) is 11.5 Å². The summed E-state index contributed by atoms with van der Waals surface area (Å²) in [5, 5.41) is 20.5. The maximum atomic E-state index is 12.5. The van der Waals surface area contributed by atoms with Crippen LogP contribution in [0.25, 0.3) is 5.76 Å². The molecule has 1 atom stereocenters. The summed E-state index contributed by atoms with van der Waals surface area (Å²) in [4.78, 5) is 26.0. The van der Waals surface area contributed by atoms with Crippen molar-refractivity contribution in [3.05, 3.63) is 63.6 Å². The van der Waals surface area contributed by atoms with Gasteiger partial charge in [0.1, 0.15) is 5.76 Å². The van der Waals surface area contributed by atoms with Crippen molar-refractivity contribution < 1.29 is 24.5 Å². The summed E-state index contributed by atoms with van der Waals surface area (Å²) in [6, 6.07) is 10.5. The van der Waals surface area contributed by atoms with E-state index in [1.165, 1.54) is 31.2 Å². The van der Waals surface area contributed by atoms with Crippen LogP contribution in [0.5, 0.6) is 11.5 Å². The van der Waals surface area contributed by atoms with Crippen molar-refractivity contribution in [2.75, 3.05) is 14.2 Å². The fourth-order valence-corrected chi connectivity index (χ4v) is 3.23. The van der Waals surface area contributed by atoms with Crippen LogP contribution in [-0.2, 0) is 9.59 Å². The molecule has 1 aliphatic heterocycles. The van der Waals surface area contributed by atoms with Crippen molar-refractivity contribution in [1.29, 1.82) is 0 Å². The molecule has 1 aliphatic rings. The molecule has 1 saturated heterocycles. The molecular weight excluding hydrogens is 402 g/mol. The molecule has 3 rings (SSSR count). The van der Waals surface area contributed by atoms with Gasteiger partial charge in [-0.05, 0) is 29.8 Å². The van der Waals surface area contributed by atoms with Crippen LogP contribution in [0.1, 0.15) is 17.2 Å². The third kappa shape index (κ3) is 2.94. The van der Waals surface area contributed by atoms with Gasteiger partial charge in [0.2, 0.25) is 0 Å². The average molecular weight is 418 g/mol. The van der Waals surface area contributed by atoms with E-state index in [1.54, 1.807) is 30.3 Å². The van der Waals surface area contributed by atoms with E-state index in [0.717, 1.165) is 4.47 Å². The highest BCUT2D eigenvalue weighted by Crippen LogP contribution is 2.40. The number of phenolic OH excluding ortho intramolecular Hbond substituents is 1. The molecule has 0 aliphatic carbocycles. The van der Waals surface area contributed by atoms with E-state index in [-0.39, 0.29) is 22.8 Å². The highest BCUT2D eigenvalue weighted by Gasteiger charge is 2.44. The summed E-state index contributed by atoms with van der Waals surface area (Å²) in [6.07, 6.45) is 0. The van der Waals surface area contributed by atoms with Crippen molar-refractivity contribution in [3.8, 4) is 11.5 Å². The predicted molar refractivity (Wildman–Crippen MR) is 98.9 cm³/mol. The van der Waals surface area contributed by atoms with Gasteiger partial charge in [0.25, 0.3) is 11.7 Å². The first kappa shape index (κ1) is 18.0. The van der Waals surface area contributed by atoms with Crippen LogP contribution in [0.4, 0.5) is 0 Å². The number of nitrogens with zero attached hydrogens (tertiary/aromatic N) is 1. The molecule has 0 saturated carbocycles. The second-order valence-electron chi connectivity index (χ2n) is 5.85. The summed E-state index contributed by atoms with van der Waals surface area (Å²) in [7, 11) is 2.90. The zero-order valence-electron chi connectivity index (χ0n) is 14.1. The lowest BCUT2D eigenvalue weighted by Gasteiger charge is -2.21. The number of likely N-dealkylation sites (tertiary alicyclic amines) is 1. The van der Waals surface area contributed by atoms with E-state index in [9.17, 15) is 19.8 Å². The number of aliphatic hydroxyl groups is 1. The van der Waals surface area contributed by atoms with E-state index in [1.807, 2.05) is 0 Å². The fourth-order valence-electron chi connectivity index (χ4n) is 2.97. The highest BCUT2D eigenvalue weighted by molar-refractivity contribution is 9.10. The summed E-state index contributed by atoms with van der Waals surface area (Å²) in [6.45, 7) is 0. The zero-order chi connectivity index (χ0) is 19.0. The highest BCUT2D eigenvalue weighted by atomic mass is 79.9. The normalized spacial score (nSPS) is 19.0. The van der Waals surface area contributed by atoms with Gasteiger partial charge in [0, 0.05) is 17.1 Å². The third-order valence-corrected chi connectivity index (χ3v) is 4.84. The fraction of sp³-hybridized carbons (Fsp3) is 0.158. The molecule has 0 bridgehead atoms. The van der Waals surface area contributed by atoms with Crippen molar-refractivity contribution in [1.82, 2.24) is 4.90 Å². The first-order valence-corrected chi connectivity index (χ1v) is 8.52. The maximum absolute atomic E-state index is 12.5. The topological polar surface area (TPSA) is 87.1 Å². The Hall–Kier alpha value is -2.80. The average Bonchev–Trinajstić information content (AvgIpc) is 2.86. The molecule has 0 aromatic heterocycles. The lowest BCUT2D eigenvalue weighted by Crippen LogP contribution is -2.24. The number of rotatable bonds is 3. The first-order valence-electron chi connectivity index (χ1n) is 7.72. The molecule has 0 radical (unpaired) electrons. The second kappa shape index (κ2) is 6.84. The smallest absolute Gasteiger partial charge is 0.295 e. The van der Waals surface area contributed by atoms with Gasteiger partial charge < -0.3 is 19.8 Å². The molecular formula is C19H16BrNO5. The summed E-state index contributed by atoms with van der Waals surface area (Å²) in [5.74, 6) is -1.56. The van der Waals surface area contributed by atoms with Crippen molar-refractivity contribution in [2.24, 2.45) is 0 Å². The van der Waals surface area contributed by atoms with Gasteiger partial charge >= 0.3 is 0 Å². The number of halogens is 1. The molecule has 6 nitrogen and oxygen atoms in total. The van der Waals surface area contributed by atoms with E-state index in [4.69, 9.17) is 4.74 Å². The largest absolute Gasteiger partial charge is 0.507 e. The number of phenols is 1. The lowest BCUT2D eigenvalue weighted by atomic mass is 9.95. The quantitative estimate of drug-likeness (QED) is 0.454. The molecule has 134 valence electrons. The molecule has 2 N–H and O–H groups in total. The minimum atomic E-state index is -0.784. The minimum Gasteiger partial charge on any atom is -0.507 e. The van der Waals surface area contributed by atoms with Crippen LogP contribution >= 0.6 is 15.9 Å². The van der Waals surface area contributed by atoms with Crippen molar-refractivity contribution in [3.63, 3.8) is 0 Å². The number of aliphatic hydroxyl groups excluding tert-OH is 1. The number of Topliss-reactive ketones (excluding diaryl/α,β-unsaturated/α-hetero) is 1. The molecule has 0 spiro atoms. The van der Waals surface area contributed by atoms with Gasteiger partial charge in [-0.3, -0.25) is 9.59 Å². The Morgan fingerprint density at radius 2 is 1.81 bits per heavy atom. The van der Waals surface area contributed by atoms with E-state index >= 15 is 0 Å². The van der Waals surface area contributed by atoms with Crippen LogP contribution < -0.4 is 4.74 Å². The van der Waals surface area contributed by atoms with Crippen LogP contribution in [0.2, 0.25) is 0 Å². The number of carbonyl (C=O) groups excluding carboxylic acids is 2. The number of ketones is 1. The van der Waals surface area contributed by atoms with Crippen LogP contribution in [-0.4, -0.2) is 41.0 Å². The monoisotopic (exact) mass is 417 g/mol. The number of ether oxygens (including phenoxy) is 1. The summed E-state index contributed by atoms with van der Waals surface area (Å²) in [5.41, 5.74) is 0.961. The SMILES string of the molecule is COc1cc([C@H]2C(=C(O)c3ccc(Br)cc3)C(=O)C(=O)N2C)ccc1O. The Bertz CT molecular complexity index is 920. The van der Waals surface area contributed by atoms with Gasteiger partial charge in [-0.25, -0.2) is 0 Å². The number of hydrogen-bond acceptors (Lipinski definition) is 5. The van der Waals surface area contributed by atoms with Crippen molar-refractivity contribution >= 4 is 33.4 Å². The molecule has 2 aromatic carbocycles. The molecule has 7 heteroatoms. The second-order valence-corrected chi connectivity index (χ2v) is 6.76. The number of aromatic hydroxyl groups is 1. The molecule has 1 amide bonds. The van der Waals surface area contributed by atoms with E-state index in [2.05, 4.69) is 15.9 Å². The number of methoxy groups -OCH3 is 1. The number of carbonyl (C=O) groups is 2. The minimum absolute atomic E-state index is 0.00688. The lowest BCUT2D eigenvalue weighted by molar-refractivity contribution is -0.139. The van der Waals surface area contributed by atoms with E-state index < -0.39 is 17.7 Å². The molecule has 1 fully saturated rings. The van der Waals surface area contributed by atoms with Gasteiger partial charge in [-0.15, -0.1) is 0 Å². The van der Waals surface area contributed by atoms with Crippen LogP contribution in [0.3, 0.4) is 0 Å². The van der Waals surface area contributed by atoms with E-state index in [0.29, 0.717) is 11.1 Å². The van der Waals surface area contributed by atoms with Crippen LogP contribution in [0.15, 0.2) is 52.5 Å². The molecule has 26 heavy (non-hydrogen) atoms. The Morgan fingerprint density at radius 3 is 2.42 bits per heavy atom. The summed E-state index contributed by atoms with van der Waals surface area (Å²) >= 11 is 3.32. The Balaban J connectivity index is 2.18. The van der Waals surface area contributed by atoms with Gasteiger partial charge in [-0.1, -0.05) is 34.1 Å².